The summed E-state index contributed by atoms with van der Waals surface area (Å²) < 4.78 is 14.9. The highest BCUT2D eigenvalue weighted by Crippen LogP contribution is 2.25. The maximum atomic E-state index is 13.1. The fraction of sp³-hybridized carbons (Fsp3) is 0.111. The van der Waals surface area contributed by atoms with Gasteiger partial charge in [-0.05, 0) is 42.5 Å². The van der Waals surface area contributed by atoms with E-state index in [9.17, 15) is 9.18 Å². The highest BCUT2D eigenvalue weighted by Gasteiger charge is 2.13. The van der Waals surface area contributed by atoms with Gasteiger partial charge >= 0.3 is 0 Å². The number of benzene rings is 2. The Balaban J connectivity index is 1.57. The molecule has 6 nitrogen and oxygen atoms in total. The van der Waals surface area contributed by atoms with Crippen LogP contribution in [0.15, 0.2) is 52.4 Å². The molecule has 2 aromatic carbocycles. The van der Waals surface area contributed by atoms with Gasteiger partial charge in [0.15, 0.2) is 11.0 Å². The molecule has 0 radical (unpaired) electrons. The van der Waals surface area contributed by atoms with Gasteiger partial charge in [0.1, 0.15) is 11.6 Å². The fourth-order valence-electron chi connectivity index (χ4n) is 2.65. The minimum Gasteiger partial charge on any atom is -0.309 e. The fourth-order valence-corrected chi connectivity index (χ4v) is 3.60. The standard InChI is InChI=1S/C18H13ClFN5OS/c1-25-16(10-2-5-12(20)6-3-10)23-24-18(25)27-9-15-21-14-7-4-11(19)8-13(14)17(26)22-15/h2-8H,9H2,1H3,(H,21,22,26). The lowest BCUT2D eigenvalue weighted by atomic mass is 10.2. The summed E-state index contributed by atoms with van der Waals surface area (Å²) in [4.78, 5) is 19.4. The molecule has 136 valence electrons. The molecule has 0 bridgehead atoms. The highest BCUT2D eigenvalue weighted by atomic mass is 35.5. The van der Waals surface area contributed by atoms with E-state index >= 15 is 0 Å². The Morgan fingerprint density at radius 1 is 1.19 bits per heavy atom. The number of aromatic amines is 1. The first kappa shape index (κ1) is 17.7. The molecule has 0 amide bonds. The van der Waals surface area contributed by atoms with Crippen LogP contribution in [0.2, 0.25) is 5.02 Å². The van der Waals surface area contributed by atoms with Gasteiger partial charge in [-0.2, -0.15) is 0 Å². The first-order valence-corrected chi connectivity index (χ1v) is 9.34. The quantitative estimate of drug-likeness (QED) is 0.526. The van der Waals surface area contributed by atoms with Crippen LogP contribution in [0, 0.1) is 5.82 Å². The summed E-state index contributed by atoms with van der Waals surface area (Å²) in [5.74, 6) is 1.28. The average molecular weight is 402 g/mol. The van der Waals surface area contributed by atoms with E-state index in [1.54, 1.807) is 30.3 Å². The lowest BCUT2D eigenvalue weighted by Gasteiger charge is -2.05. The minimum absolute atomic E-state index is 0.233. The zero-order valence-electron chi connectivity index (χ0n) is 14.1. The molecular formula is C18H13ClFN5OS. The van der Waals surface area contributed by atoms with Gasteiger partial charge in [0, 0.05) is 17.6 Å². The number of hydrogen-bond acceptors (Lipinski definition) is 5. The molecule has 4 aromatic rings. The third-order valence-electron chi connectivity index (χ3n) is 3.99. The number of fused-ring (bicyclic) bond motifs is 1. The number of thioether (sulfide) groups is 1. The van der Waals surface area contributed by atoms with Crippen molar-refractivity contribution in [3.63, 3.8) is 0 Å². The Kier molecular flexibility index (Phi) is 4.67. The van der Waals surface area contributed by atoms with E-state index in [0.717, 1.165) is 5.56 Å². The van der Waals surface area contributed by atoms with E-state index in [1.165, 1.54) is 23.9 Å². The molecule has 0 spiro atoms. The molecule has 9 heteroatoms. The second-order valence-corrected chi connectivity index (χ2v) is 7.21. The summed E-state index contributed by atoms with van der Waals surface area (Å²) in [5, 5.41) is 9.94. The molecule has 0 aliphatic heterocycles. The van der Waals surface area contributed by atoms with Crippen LogP contribution in [0.4, 0.5) is 4.39 Å². The van der Waals surface area contributed by atoms with E-state index in [1.807, 2.05) is 11.6 Å². The molecule has 0 saturated carbocycles. The third kappa shape index (κ3) is 3.58. The van der Waals surface area contributed by atoms with Crippen molar-refractivity contribution in [1.29, 1.82) is 0 Å². The Morgan fingerprint density at radius 2 is 1.96 bits per heavy atom. The number of hydrogen-bond donors (Lipinski definition) is 1. The van der Waals surface area contributed by atoms with Gasteiger partial charge in [0.25, 0.3) is 5.56 Å². The maximum Gasteiger partial charge on any atom is 0.258 e. The molecule has 0 atom stereocenters. The van der Waals surface area contributed by atoms with Gasteiger partial charge in [-0.25, -0.2) is 9.37 Å². The van der Waals surface area contributed by atoms with Crippen LogP contribution in [0.1, 0.15) is 5.82 Å². The Morgan fingerprint density at radius 3 is 2.74 bits per heavy atom. The molecule has 1 N–H and O–H groups in total. The summed E-state index contributed by atoms with van der Waals surface area (Å²) in [7, 11) is 1.83. The van der Waals surface area contributed by atoms with Crippen molar-refractivity contribution < 1.29 is 4.39 Å². The zero-order valence-corrected chi connectivity index (χ0v) is 15.7. The largest absolute Gasteiger partial charge is 0.309 e. The van der Waals surface area contributed by atoms with E-state index in [2.05, 4.69) is 20.2 Å². The van der Waals surface area contributed by atoms with Crippen molar-refractivity contribution in [2.24, 2.45) is 7.05 Å². The Labute approximate surface area is 162 Å². The minimum atomic E-state index is -0.303. The molecule has 0 fully saturated rings. The molecule has 2 aromatic heterocycles. The molecular weight excluding hydrogens is 389 g/mol. The van der Waals surface area contributed by atoms with Crippen molar-refractivity contribution in [2.75, 3.05) is 0 Å². The van der Waals surface area contributed by atoms with Gasteiger partial charge in [-0.1, -0.05) is 23.4 Å². The topological polar surface area (TPSA) is 76.5 Å². The molecule has 0 aliphatic carbocycles. The van der Waals surface area contributed by atoms with Crippen molar-refractivity contribution in [3.05, 3.63) is 69.5 Å². The van der Waals surface area contributed by atoms with E-state index < -0.39 is 0 Å². The number of H-pyrrole nitrogens is 1. The molecule has 2 heterocycles. The normalized spacial score (nSPS) is 11.2. The lowest BCUT2D eigenvalue weighted by molar-refractivity contribution is 0.628. The second-order valence-electron chi connectivity index (χ2n) is 5.83. The SMILES string of the molecule is Cn1c(SCc2nc3ccc(Cl)cc3c(=O)[nH]2)nnc1-c1ccc(F)cc1. The van der Waals surface area contributed by atoms with Crippen molar-refractivity contribution in [1.82, 2.24) is 24.7 Å². The third-order valence-corrected chi connectivity index (χ3v) is 5.26. The number of aromatic nitrogens is 5. The molecule has 0 saturated heterocycles. The molecule has 0 unspecified atom stereocenters. The molecule has 4 rings (SSSR count). The predicted molar refractivity (Wildman–Crippen MR) is 103 cm³/mol. The molecule has 27 heavy (non-hydrogen) atoms. The number of halogens is 2. The van der Waals surface area contributed by atoms with Crippen LogP contribution in [-0.4, -0.2) is 24.7 Å². The lowest BCUT2D eigenvalue weighted by Crippen LogP contribution is -2.11. The first-order chi connectivity index (χ1) is 13.0. The number of rotatable bonds is 4. The van der Waals surface area contributed by atoms with Crippen LogP contribution in [0.5, 0.6) is 0 Å². The summed E-state index contributed by atoms with van der Waals surface area (Å²) in [6.45, 7) is 0. The van der Waals surface area contributed by atoms with Gasteiger partial charge in [0.05, 0.1) is 16.7 Å². The average Bonchev–Trinajstić information content (AvgIpc) is 3.02. The summed E-state index contributed by atoms with van der Waals surface area (Å²) >= 11 is 7.32. The van der Waals surface area contributed by atoms with Gasteiger partial charge < -0.3 is 9.55 Å². The van der Waals surface area contributed by atoms with Crippen LogP contribution in [0.25, 0.3) is 22.3 Å². The summed E-state index contributed by atoms with van der Waals surface area (Å²) in [6, 6.07) is 11.1. The number of nitrogens with one attached hydrogen (secondary N) is 1. The summed E-state index contributed by atoms with van der Waals surface area (Å²) in [5.41, 5.74) is 1.12. The maximum absolute atomic E-state index is 13.1. The van der Waals surface area contributed by atoms with E-state index in [4.69, 9.17) is 11.6 Å². The second kappa shape index (κ2) is 7.13. The van der Waals surface area contributed by atoms with E-state index in [0.29, 0.717) is 38.5 Å². The predicted octanol–water partition coefficient (Wildman–Crippen LogP) is 3.80. The van der Waals surface area contributed by atoms with Crippen LogP contribution in [0.3, 0.4) is 0 Å². The smallest absolute Gasteiger partial charge is 0.258 e. The zero-order chi connectivity index (χ0) is 19.0. The van der Waals surface area contributed by atoms with Crippen molar-refractivity contribution >= 4 is 34.3 Å². The van der Waals surface area contributed by atoms with Gasteiger partial charge in [0.2, 0.25) is 0 Å². The summed E-state index contributed by atoms with van der Waals surface area (Å²) in [6.07, 6.45) is 0. The Hall–Kier alpha value is -2.71. The molecule has 0 aliphatic rings. The highest BCUT2D eigenvalue weighted by molar-refractivity contribution is 7.98. The van der Waals surface area contributed by atoms with Crippen molar-refractivity contribution in [2.45, 2.75) is 10.9 Å². The monoisotopic (exact) mass is 401 g/mol. The first-order valence-electron chi connectivity index (χ1n) is 7.98. The van der Waals surface area contributed by atoms with Crippen molar-refractivity contribution in [3.8, 4) is 11.4 Å². The van der Waals surface area contributed by atoms with Gasteiger partial charge in [-0.15, -0.1) is 10.2 Å². The number of nitrogens with zero attached hydrogens (tertiary/aromatic N) is 4. The van der Waals surface area contributed by atoms with Crippen LogP contribution in [-0.2, 0) is 12.8 Å². The van der Waals surface area contributed by atoms with Gasteiger partial charge in [-0.3, -0.25) is 4.79 Å². The van der Waals surface area contributed by atoms with Crippen LogP contribution >= 0.6 is 23.4 Å². The van der Waals surface area contributed by atoms with Crippen LogP contribution < -0.4 is 5.56 Å². The van der Waals surface area contributed by atoms with E-state index in [-0.39, 0.29) is 11.4 Å². The Bertz CT molecular complexity index is 1190.